The van der Waals surface area contributed by atoms with E-state index in [9.17, 15) is 4.79 Å². The Morgan fingerprint density at radius 2 is 2.17 bits per heavy atom. The van der Waals surface area contributed by atoms with E-state index < -0.39 is 0 Å². The fourth-order valence-electron chi connectivity index (χ4n) is 2.85. The van der Waals surface area contributed by atoms with Crippen LogP contribution in [0.2, 0.25) is 0 Å². The van der Waals surface area contributed by atoms with Gasteiger partial charge in [0.2, 0.25) is 5.91 Å². The summed E-state index contributed by atoms with van der Waals surface area (Å²) in [5.41, 5.74) is 1.92. The first-order valence-electron chi connectivity index (χ1n) is 8.35. The van der Waals surface area contributed by atoms with E-state index in [2.05, 4.69) is 49.8 Å². The molecule has 0 spiro atoms. The van der Waals surface area contributed by atoms with Crippen molar-refractivity contribution in [3.63, 3.8) is 0 Å². The normalized spacial score (nSPS) is 20.0. The Bertz CT molecular complexity index is 700. The van der Waals surface area contributed by atoms with Gasteiger partial charge in [-0.15, -0.1) is 0 Å². The molecule has 24 heavy (non-hydrogen) atoms. The molecule has 1 heterocycles. The lowest BCUT2D eigenvalue weighted by molar-refractivity contribution is -0.122. The van der Waals surface area contributed by atoms with Crippen LogP contribution in [0.4, 0.5) is 5.69 Å². The maximum atomic E-state index is 12.3. The first-order chi connectivity index (χ1) is 11.3. The highest BCUT2D eigenvalue weighted by atomic mass is 16.2. The summed E-state index contributed by atoms with van der Waals surface area (Å²) in [5, 5.41) is 11.3. The van der Waals surface area contributed by atoms with Gasteiger partial charge >= 0.3 is 0 Å². The number of amides is 1. The number of carbonyl (C=O) groups is 1. The lowest BCUT2D eigenvalue weighted by Crippen LogP contribution is -2.43. The third kappa shape index (κ3) is 4.77. The molecular formula is C20H25N3O. The molecule has 0 saturated carbocycles. The van der Waals surface area contributed by atoms with Gasteiger partial charge in [-0.05, 0) is 51.3 Å². The second kappa shape index (κ2) is 7.41. The molecule has 126 valence electrons. The van der Waals surface area contributed by atoms with Crippen LogP contribution in [-0.4, -0.2) is 25.0 Å². The lowest BCUT2D eigenvalue weighted by Gasteiger charge is -2.26. The van der Waals surface area contributed by atoms with Crippen LogP contribution < -0.4 is 10.2 Å². The second-order valence-electron chi connectivity index (χ2n) is 7.44. The number of hydrogen-bond donors (Lipinski definition) is 1. The van der Waals surface area contributed by atoms with Crippen LogP contribution in [0.3, 0.4) is 0 Å². The number of nitrogens with one attached hydrogen (secondary N) is 1. The minimum absolute atomic E-state index is 0.0438. The van der Waals surface area contributed by atoms with Crippen molar-refractivity contribution in [2.45, 2.75) is 40.2 Å². The molecule has 1 aromatic carbocycles. The highest BCUT2D eigenvalue weighted by Crippen LogP contribution is 2.29. The molecule has 1 amide bonds. The van der Waals surface area contributed by atoms with E-state index in [0.717, 1.165) is 24.2 Å². The Hall–Kier alpha value is -2.46. The molecule has 0 aromatic heterocycles. The summed E-state index contributed by atoms with van der Waals surface area (Å²) in [5.74, 6) is 6.82. The van der Waals surface area contributed by atoms with Crippen molar-refractivity contribution in [1.82, 2.24) is 5.32 Å². The van der Waals surface area contributed by atoms with E-state index >= 15 is 0 Å². The average Bonchev–Trinajstić information content (AvgIpc) is 2.92. The molecule has 1 saturated heterocycles. The summed E-state index contributed by atoms with van der Waals surface area (Å²) in [6.07, 6.45) is 0.801. The Morgan fingerprint density at radius 1 is 1.42 bits per heavy atom. The Kier molecular flexibility index (Phi) is 5.52. The third-order valence-electron chi connectivity index (χ3n) is 3.91. The summed E-state index contributed by atoms with van der Waals surface area (Å²) in [7, 11) is 0. The molecule has 1 N–H and O–H groups in total. The minimum atomic E-state index is -0.223. The van der Waals surface area contributed by atoms with Crippen LogP contribution in [-0.2, 0) is 4.79 Å². The number of carbonyl (C=O) groups excluding carboxylic acids is 1. The summed E-state index contributed by atoms with van der Waals surface area (Å²) >= 11 is 0. The van der Waals surface area contributed by atoms with Crippen molar-refractivity contribution < 1.29 is 4.79 Å². The van der Waals surface area contributed by atoms with Crippen molar-refractivity contribution in [2.24, 2.45) is 11.3 Å². The van der Waals surface area contributed by atoms with E-state index in [0.29, 0.717) is 5.92 Å². The van der Waals surface area contributed by atoms with Crippen molar-refractivity contribution in [2.75, 3.05) is 18.0 Å². The Labute approximate surface area is 144 Å². The van der Waals surface area contributed by atoms with Gasteiger partial charge in [-0.3, -0.25) is 4.79 Å². The first-order valence-corrected chi connectivity index (χ1v) is 8.35. The molecule has 4 heteroatoms. The standard InChI is InChI=1S/C20H25N3O/c1-15-12-18(19(24)22-11-10-21)23(14-15)17-7-5-6-16(13-17)8-9-20(2,3)4/h5-7,13,15,18H,11-12,14H2,1-4H3,(H,22,24)/t15-,18-/m0/s1. The van der Waals surface area contributed by atoms with E-state index in [1.54, 1.807) is 0 Å². The van der Waals surface area contributed by atoms with E-state index in [-0.39, 0.29) is 23.9 Å². The van der Waals surface area contributed by atoms with Crippen LogP contribution in [0, 0.1) is 34.5 Å². The summed E-state index contributed by atoms with van der Waals surface area (Å²) < 4.78 is 0. The minimum Gasteiger partial charge on any atom is -0.359 e. The van der Waals surface area contributed by atoms with Crippen molar-refractivity contribution >= 4 is 11.6 Å². The van der Waals surface area contributed by atoms with Crippen LogP contribution in [0.15, 0.2) is 24.3 Å². The Balaban J connectivity index is 2.23. The van der Waals surface area contributed by atoms with Gasteiger partial charge in [-0.2, -0.15) is 5.26 Å². The van der Waals surface area contributed by atoms with Gasteiger partial charge in [0, 0.05) is 23.2 Å². The summed E-state index contributed by atoms with van der Waals surface area (Å²) in [6.45, 7) is 9.29. The molecule has 2 atom stereocenters. The zero-order chi connectivity index (χ0) is 17.7. The van der Waals surface area contributed by atoms with Crippen molar-refractivity contribution in [3.8, 4) is 17.9 Å². The quantitative estimate of drug-likeness (QED) is 0.687. The van der Waals surface area contributed by atoms with Crippen molar-refractivity contribution in [1.29, 1.82) is 5.26 Å². The molecule has 0 radical (unpaired) electrons. The van der Waals surface area contributed by atoms with Crippen LogP contribution in [0.5, 0.6) is 0 Å². The second-order valence-corrected chi connectivity index (χ2v) is 7.44. The largest absolute Gasteiger partial charge is 0.359 e. The number of nitrogens with zero attached hydrogens (tertiary/aromatic N) is 2. The monoisotopic (exact) mass is 323 g/mol. The highest BCUT2D eigenvalue weighted by molar-refractivity contribution is 5.86. The lowest BCUT2D eigenvalue weighted by atomic mass is 9.97. The Morgan fingerprint density at radius 3 is 2.83 bits per heavy atom. The van der Waals surface area contributed by atoms with Gasteiger partial charge in [0.1, 0.15) is 12.6 Å². The van der Waals surface area contributed by atoms with E-state index in [4.69, 9.17) is 5.26 Å². The van der Waals surface area contributed by atoms with Crippen LogP contribution in [0.25, 0.3) is 0 Å². The fourth-order valence-corrected chi connectivity index (χ4v) is 2.85. The molecule has 1 aliphatic heterocycles. The van der Waals surface area contributed by atoms with E-state index in [1.165, 1.54) is 0 Å². The van der Waals surface area contributed by atoms with Gasteiger partial charge < -0.3 is 10.2 Å². The molecule has 2 rings (SSSR count). The SMILES string of the molecule is C[C@H]1C[C@@H](C(=O)NCC#N)N(c2cccc(C#CC(C)(C)C)c2)C1. The molecule has 1 aliphatic rings. The topological polar surface area (TPSA) is 56.1 Å². The van der Waals surface area contributed by atoms with Crippen molar-refractivity contribution in [3.05, 3.63) is 29.8 Å². The van der Waals surface area contributed by atoms with Gasteiger partial charge in [0.05, 0.1) is 6.07 Å². The zero-order valence-electron chi connectivity index (χ0n) is 14.9. The van der Waals surface area contributed by atoms with Gasteiger partial charge in [0.15, 0.2) is 0 Å². The molecule has 0 aliphatic carbocycles. The predicted molar refractivity (Wildman–Crippen MR) is 96.3 cm³/mol. The summed E-state index contributed by atoms with van der Waals surface area (Å²) in [6, 6.07) is 9.77. The first kappa shape index (κ1) is 17.9. The van der Waals surface area contributed by atoms with Gasteiger partial charge in [-0.25, -0.2) is 0 Å². The number of hydrogen-bond acceptors (Lipinski definition) is 3. The number of anilines is 1. The zero-order valence-corrected chi connectivity index (χ0v) is 14.9. The van der Waals surface area contributed by atoms with Crippen LogP contribution in [0.1, 0.15) is 39.7 Å². The third-order valence-corrected chi connectivity index (χ3v) is 3.91. The molecule has 1 fully saturated rings. The maximum Gasteiger partial charge on any atom is 0.243 e. The van der Waals surface area contributed by atoms with E-state index in [1.807, 2.05) is 30.3 Å². The fraction of sp³-hybridized carbons (Fsp3) is 0.500. The molecular weight excluding hydrogens is 298 g/mol. The smallest absolute Gasteiger partial charge is 0.243 e. The summed E-state index contributed by atoms with van der Waals surface area (Å²) in [4.78, 5) is 14.5. The van der Waals surface area contributed by atoms with Crippen LogP contribution >= 0.6 is 0 Å². The van der Waals surface area contributed by atoms with Gasteiger partial charge in [-0.1, -0.05) is 24.8 Å². The maximum absolute atomic E-state index is 12.3. The molecule has 1 aromatic rings. The average molecular weight is 323 g/mol. The number of benzene rings is 1. The molecule has 4 nitrogen and oxygen atoms in total. The predicted octanol–water partition coefficient (Wildman–Crippen LogP) is 2.94. The molecule has 0 bridgehead atoms. The number of nitriles is 1. The van der Waals surface area contributed by atoms with Gasteiger partial charge in [0.25, 0.3) is 0 Å². The molecule has 0 unspecified atom stereocenters. The highest BCUT2D eigenvalue weighted by Gasteiger charge is 2.34. The number of rotatable bonds is 3.